The largest absolute Gasteiger partial charge is 0.376 e. The third-order valence-electron chi connectivity index (χ3n) is 14.2. The second kappa shape index (κ2) is 14.8. The zero-order chi connectivity index (χ0) is 37.9. The van der Waals surface area contributed by atoms with Crippen LogP contribution in [0.2, 0.25) is 23.7 Å². The second-order valence-corrected chi connectivity index (χ2v) is 22.9. The van der Waals surface area contributed by atoms with Crippen molar-refractivity contribution < 1.29 is 26.7 Å². The predicted molar refractivity (Wildman–Crippen MR) is 208 cm³/mol. The molecule has 1 aliphatic heterocycles. The molecule has 12 atom stereocenters. The number of ether oxygens (including phenoxy) is 1. The molecule has 0 spiro atoms. The van der Waals surface area contributed by atoms with Gasteiger partial charge in [0.1, 0.15) is 0 Å². The standard InChI is InChI=1S/C46H54F5NOSi/c1-46(2,3)53-25-15-5-6-16-26-54(4,44-31-20-10-7-17-28(31)29-18-8-11-21-32(29)44)45-33-22-12-9-19-30(33)43-37(45)34-23-13-14-24-36(34)52(43)27-35-38(47)40(49)42(51)41(50)39(35)48/h7-14,17-24,28-34,36-37,43-45H,5-6,15-16,25-27H2,1-4H3. The van der Waals surface area contributed by atoms with Gasteiger partial charge in [-0.1, -0.05) is 129 Å². The maximum atomic E-state index is 15.4. The molecule has 6 aliphatic carbocycles. The molecule has 1 aromatic carbocycles. The Balaban J connectivity index is 1.19. The third kappa shape index (κ3) is 6.36. The molecule has 12 unspecified atom stereocenters. The van der Waals surface area contributed by atoms with Gasteiger partial charge < -0.3 is 4.74 Å². The van der Waals surface area contributed by atoms with E-state index in [2.05, 4.69) is 123 Å². The SMILES string of the molecule is CC(C)(C)OCCCCCC[Si](C)(C1C2C=CC=CC2C2C=CC=CC21)C1C2C=CC=CC2C2C1C1C=CC=CC1N2Cc1c(F)c(F)c(F)c(F)c1F. The van der Waals surface area contributed by atoms with Crippen molar-refractivity contribution >= 4 is 8.07 Å². The molecule has 1 aromatic rings. The number of fused-ring (bicyclic) bond motifs is 8. The quantitative estimate of drug-likeness (QED) is 0.0732. The molecular weight excluding hydrogens is 706 g/mol. The Morgan fingerprint density at radius 1 is 0.556 bits per heavy atom. The highest BCUT2D eigenvalue weighted by molar-refractivity contribution is 6.82. The van der Waals surface area contributed by atoms with E-state index >= 15 is 8.78 Å². The van der Waals surface area contributed by atoms with Gasteiger partial charge in [0.15, 0.2) is 23.3 Å². The molecule has 0 radical (unpaired) electrons. The van der Waals surface area contributed by atoms with Crippen LogP contribution in [-0.2, 0) is 11.3 Å². The second-order valence-electron chi connectivity index (χ2n) is 18.1. The molecule has 2 saturated carbocycles. The van der Waals surface area contributed by atoms with Gasteiger partial charge in [-0.2, -0.15) is 0 Å². The Kier molecular flexibility index (Phi) is 10.4. The van der Waals surface area contributed by atoms with Gasteiger partial charge in [-0.3, -0.25) is 4.90 Å². The fourth-order valence-electron chi connectivity index (χ4n) is 12.3. The van der Waals surface area contributed by atoms with Crippen LogP contribution in [0.25, 0.3) is 0 Å². The average Bonchev–Trinajstić information content (AvgIpc) is 3.80. The molecule has 8 rings (SSSR count). The van der Waals surface area contributed by atoms with Crippen LogP contribution in [0.15, 0.2) is 97.2 Å². The van der Waals surface area contributed by atoms with Crippen LogP contribution >= 0.6 is 0 Å². The molecule has 0 aromatic heterocycles. The van der Waals surface area contributed by atoms with Crippen LogP contribution < -0.4 is 0 Å². The van der Waals surface area contributed by atoms with E-state index in [-0.39, 0.29) is 47.9 Å². The van der Waals surface area contributed by atoms with Crippen LogP contribution in [0.3, 0.4) is 0 Å². The van der Waals surface area contributed by atoms with Crippen LogP contribution in [0.4, 0.5) is 22.0 Å². The van der Waals surface area contributed by atoms with Crippen LogP contribution in [0.1, 0.15) is 52.0 Å². The van der Waals surface area contributed by atoms with Gasteiger partial charge in [0.25, 0.3) is 0 Å². The number of halogens is 5. The zero-order valence-corrected chi connectivity index (χ0v) is 32.9. The Morgan fingerprint density at radius 2 is 1.02 bits per heavy atom. The van der Waals surface area contributed by atoms with Gasteiger partial charge in [-0.25, -0.2) is 22.0 Å². The summed E-state index contributed by atoms with van der Waals surface area (Å²) in [5.41, 5.74) is -0.0340. The van der Waals surface area contributed by atoms with Crippen LogP contribution in [-0.4, -0.2) is 37.3 Å². The summed E-state index contributed by atoms with van der Waals surface area (Å²) in [5, 5.41) is 0. The lowest BCUT2D eigenvalue weighted by molar-refractivity contribution is -0.00471. The zero-order valence-electron chi connectivity index (χ0n) is 31.9. The fraction of sp³-hybridized carbons (Fsp3) is 0.522. The van der Waals surface area contributed by atoms with Crippen LogP contribution in [0.5, 0.6) is 0 Å². The number of benzene rings is 1. The minimum atomic E-state index is -2.33. The van der Waals surface area contributed by atoms with Crippen molar-refractivity contribution in [1.82, 2.24) is 4.90 Å². The molecule has 8 heteroatoms. The first-order valence-electron chi connectivity index (χ1n) is 20.2. The smallest absolute Gasteiger partial charge is 0.200 e. The number of rotatable bonds is 11. The number of hydrogen-bond acceptors (Lipinski definition) is 2. The summed E-state index contributed by atoms with van der Waals surface area (Å²) in [6.45, 7) is 9.41. The van der Waals surface area contributed by atoms with E-state index in [0.717, 1.165) is 32.3 Å². The number of hydrogen-bond donors (Lipinski definition) is 0. The molecule has 54 heavy (non-hydrogen) atoms. The number of likely N-dealkylation sites (tertiary alicyclic amines) is 1. The molecule has 3 fully saturated rings. The van der Waals surface area contributed by atoms with E-state index in [1.165, 1.54) is 6.04 Å². The molecule has 1 heterocycles. The van der Waals surface area contributed by atoms with Crippen molar-refractivity contribution in [3.05, 3.63) is 132 Å². The van der Waals surface area contributed by atoms with Crippen molar-refractivity contribution in [2.24, 2.45) is 47.3 Å². The van der Waals surface area contributed by atoms with Crippen molar-refractivity contribution in [2.75, 3.05) is 6.61 Å². The first-order chi connectivity index (χ1) is 25.9. The van der Waals surface area contributed by atoms with E-state index < -0.39 is 42.7 Å². The summed E-state index contributed by atoms with van der Waals surface area (Å²) in [4.78, 5) is 2.10. The van der Waals surface area contributed by atoms with E-state index in [4.69, 9.17) is 4.74 Å². The molecule has 0 N–H and O–H groups in total. The Bertz CT molecular complexity index is 1780. The third-order valence-corrected chi connectivity index (χ3v) is 20.2. The van der Waals surface area contributed by atoms with E-state index in [1.807, 2.05) is 6.08 Å². The lowest BCUT2D eigenvalue weighted by atomic mass is 9.83. The number of allylic oxidation sites excluding steroid dienone is 13. The molecule has 288 valence electrons. The Hall–Kier alpha value is -3.07. The molecule has 0 bridgehead atoms. The minimum absolute atomic E-state index is 0.0663. The van der Waals surface area contributed by atoms with Gasteiger partial charge >= 0.3 is 0 Å². The van der Waals surface area contributed by atoms with Crippen molar-refractivity contribution in [3.8, 4) is 0 Å². The molecule has 7 aliphatic rings. The highest BCUT2D eigenvalue weighted by atomic mass is 28.3. The van der Waals surface area contributed by atoms with Gasteiger partial charge in [0, 0.05) is 36.7 Å². The van der Waals surface area contributed by atoms with Gasteiger partial charge in [-0.05, 0) is 79.7 Å². The highest BCUT2D eigenvalue weighted by Gasteiger charge is 2.67. The van der Waals surface area contributed by atoms with E-state index in [0.29, 0.717) is 34.8 Å². The first-order valence-corrected chi connectivity index (χ1v) is 23.1. The summed E-state index contributed by atoms with van der Waals surface area (Å²) >= 11 is 0. The monoisotopic (exact) mass is 759 g/mol. The first kappa shape index (κ1) is 37.8. The van der Waals surface area contributed by atoms with Gasteiger partial charge in [0.05, 0.1) is 13.7 Å². The summed E-state index contributed by atoms with van der Waals surface area (Å²) in [7, 11) is -2.33. The summed E-state index contributed by atoms with van der Waals surface area (Å²) in [5.74, 6) is -7.04. The number of nitrogens with zero attached hydrogens (tertiary/aromatic N) is 1. The van der Waals surface area contributed by atoms with E-state index in [1.54, 1.807) is 0 Å². The van der Waals surface area contributed by atoms with E-state index in [9.17, 15) is 13.2 Å². The normalized spacial score (nSPS) is 36.7. The molecule has 0 amide bonds. The minimum Gasteiger partial charge on any atom is -0.376 e. The summed E-state index contributed by atoms with van der Waals surface area (Å²) in [6.07, 6.45) is 40.6. The Labute approximate surface area is 319 Å². The lowest BCUT2D eigenvalue weighted by Gasteiger charge is -2.49. The molecule has 1 saturated heterocycles. The maximum Gasteiger partial charge on any atom is 0.200 e. The average molecular weight is 760 g/mol. The predicted octanol–water partition coefficient (Wildman–Crippen LogP) is 11.6. The molecule has 2 nitrogen and oxygen atoms in total. The van der Waals surface area contributed by atoms with Crippen LogP contribution in [0, 0.1) is 76.4 Å². The fourth-order valence-corrected chi connectivity index (χ4v) is 19.4. The van der Waals surface area contributed by atoms with Crippen molar-refractivity contribution in [2.45, 2.75) is 94.4 Å². The topological polar surface area (TPSA) is 12.5 Å². The lowest BCUT2D eigenvalue weighted by Crippen LogP contribution is -2.50. The van der Waals surface area contributed by atoms with Crippen molar-refractivity contribution in [1.29, 1.82) is 0 Å². The summed E-state index contributed by atoms with van der Waals surface area (Å²) in [6, 6.07) is 0.863. The maximum absolute atomic E-state index is 15.4. The van der Waals surface area contributed by atoms with Gasteiger partial charge in [0.2, 0.25) is 5.82 Å². The number of unbranched alkanes of at least 4 members (excludes halogenated alkanes) is 3. The highest BCUT2D eigenvalue weighted by Crippen LogP contribution is 2.69. The summed E-state index contributed by atoms with van der Waals surface area (Å²) < 4.78 is 80.4. The Morgan fingerprint density at radius 3 is 1.59 bits per heavy atom. The van der Waals surface area contributed by atoms with Crippen molar-refractivity contribution in [3.63, 3.8) is 0 Å². The molecular formula is C46H54F5NOSi. The van der Waals surface area contributed by atoms with Gasteiger partial charge in [-0.15, -0.1) is 0 Å².